The smallest absolute Gasteiger partial charge is 0.252 e. The first-order valence-corrected chi connectivity index (χ1v) is 10.4. The van der Waals surface area contributed by atoms with Crippen LogP contribution < -0.4 is 10.9 Å². The zero-order valence-electron chi connectivity index (χ0n) is 17.3. The molecule has 0 unspecified atom stereocenters. The summed E-state index contributed by atoms with van der Waals surface area (Å²) in [6.07, 6.45) is 6.61. The summed E-state index contributed by atoms with van der Waals surface area (Å²) >= 11 is 0. The predicted molar refractivity (Wildman–Crippen MR) is 122 cm³/mol. The summed E-state index contributed by atoms with van der Waals surface area (Å²) in [6, 6.07) is 18.9. The van der Waals surface area contributed by atoms with Crippen LogP contribution in [0.15, 0.2) is 65.5 Å². The molecule has 2 aromatic carbocycles. The summed E-state index contributed by atoms with van der Waals surface area (Å²) in [6.45, 7) is 5.21. The Balaban J connectivity index is 1.39. The molecular weight excluding hydrogens is 358 g/mol. The molecule has 0 saturated carbocycles. The van der Waals surface area contributed by atoms with E-state index in [-0.39, 0.29) is 5.56 Å². The summed E-state index contributed by atoms with van der Waals surface area (Å²) in [7, 11) is 1.84. The van der Waals surface area contributed by atoms with Crippen molar-refractivity contribution in [3.63, 3.8) is 0 Å². The van der Waals surface area contributed by atoms with Gasteiger partial charge < -0.3 is 9.88 Å². The van der Waals surface area contributed by atoms with E-state index < -0.39 is 0 Å². The number of rotatable bonds is 5. The van der Waals surface area contributed by atoms with Gasteiger partial charge in [-0.05, 0) is 37.5 Å². The van der Waals surface area contributed by atoms with E-state index in [1.165, 1.54) is 11.1 Å². The third kappa shape index (κ3) is 4.60. The Morgan fingerprint density at radius 1 is 1.07 bits per heavy atom. The van der Waals surface area contributed by atoms with Gasteiger partial charge in [-0.25, -0.2) is 0 Å². The highest BCUT2D eigenvalue weighted by Crippen LogP contribution is 2.25. The van der Waals surface area contributed by atoms with Crippen LogP contribution >= 0.6 is 0 Å². The molecule has 29 heavy (non-hydrogen) atoms. The maximum absolute atomic E-state index is 12.4. The first-order valence-electron chi connectivity index (χ1n) is 10.4. The summed E-state index contributed by atoms with van der Waals surface area (Å²) in [5.74, 6) is 0. The van der Waals surface area contributed by atoms with E-state index in [0.717, 1.165) is 49.1 Å². The lowest BCUT2D eigenvalue weighted by Crippen LogP contribution is -2.39. The molecule has 0 atom stereocenters. The third-order valence-electron chi connectivity index (χ3n) is 5.82. The fourth-order valence-electron chi connectivity index (χ4n) is 4.08. The highest BCUT2D eigenvalue weighted by molar-refractivity contribution is 5.92. The van der Waals surface area contributed by atoms with Crippen molar-refractivity contribution in [3.8, 4) is 0 Å². The van der Waals surface area contributed by atoms with Crippen LogP contribution in [0, 0.1) is 6.92 Å². The van der Waals surface area contributed by atoms with Crippen LogP contribution in [0.25, 0.3) is 17.0 Å². The van der Waals surface area contributed by atoms with Crippen molar-refractivity contribution in [1.29, 1.82) is 0 Å². The number of benzene rings is 2. The van der Waals surface area contributed by atoms with Crippen LogP contribution in [-0.4, -0.2) is 35.1 Å². The Kier molecular flexibility index (Phi) is 5.81. The van der Waals surface area contributed by atoms with Gasteiger partial charge in [-0.2, -0.15) is 0 Å². The molecule has 0 bridgehead atoms. The van der Waals surface area contributed by atoms with Crippen molar-refractivity contribution >= 4 is 22.7 Å². The number of piperidine rings is 1. The predicted octanol–water partition coefficient (Wildman–Crippen LogP) is 4.44. The summed E-state index contributed by atoms with van der Waals surface area (Å²) in [4.78, 5) is 14.9. The minimum atomic E-state index is 0.0346. The van der Waals surface area contributed by atoms with Crippen molar-refractivity contribution < 1.29 is 0 Å². The van der Waals surface area contributed by atoms with Gasteiger partial charge in [0.05, 0.1) is 5.52 Å². The standard InChI is InChI=1S/C25H29N3O/c1-19-10-11-24-22(17-19)23(18-25(29)27(24)2)26-21-12-15-28(16-13-21)14-6-9-20-7-4-3-5-8-20/h3-11,17-18,21,26H,12-16H2,1-2H3/b9-6+. The van der Waals surface area contributed by atoms with E-state index in [4.69, 9.17) is 0 Å². The molecule has 1 fully saturated rings. The van der Waals surface area contributed by atoms with Gasteiger partial charge in [-0.15, -0.1) is 0 Å². The largest absolute Gasteiger partial charge is 0.382 e. The van der Waals surface area contributed by atoms with Crippen LogP contribution in [0.1, 0.15) is 24.0 Å². The van der Waals surface area contributed by atoms with Crippen LogP contribution in [0.2, 0.25) is 0 Å². The monoisotopic (exact) mass is 387 g/mol. The topological polar surface area (TPSA) is 37.3 Å². The zero-order valence-corrected chi connectivity index (χ0v) is 17.3. The molecule has 4 rings (SSSR count). The van der Waals surface area contributed by atoms with Gasteiger partial charge in [0, 0.05) is 49.9 Å². The average molecular weight is 388 g/mol. The normalized spacial score (nSPS) is 15.9. The number of aromatic nitrogens is 1. The molecule has 4 heteroatoms. The van der Waals surface area contributed by atoms with Crippen LogP contribution in [0.4, 0.5) is 5.69 Å². The number of hydrogen-bond acceptors (Lipinski definition) is 3. The molecule has 0 spiro atoms. The average Bonchev–Trinajstić information content (AvgIpc) is 2.74. The highest BCUT2D eigenvalue weighted by Gasteiger charge is 2.19. The first-order chi connectivity index (χ1) is 14.1. The SMILES string of the molecule is Cc1ccc2c(c1)c(NC1CCN(C/C=C/c3ccccc3)CC1)cc(=O)n2C. The Morgan fingerprint density at radius 3 is 2.59 bits per heavy atom. The van der Waals surface area contributed by atoms with E-state index in [1.807, 2.05) is 19.2 Å². The van der Waals surface area contributed by atoms with Crippen LogP contribution in [0.3, 0.4) is 0 Å². The van der Waals surface area contributed by atoms with Gasteiger partial charge in [-0.1, -0.05) is 54.1 Å². The van der Waals surface area contributed by atoms with Crippen molar-refractivity contribution in [2.45, 2.75) is 25.8 Å². The Hall–Kier alpha value is -2.85. The molecule has 1 aliphatic rings. The Labute approximate surface area is 172 Å². The van der Waals surface area contributed by atoms with Crippen molar-refractivity contribution in [2.75, 3.05) is 25.0 Å². The zero-order chi connectivity index (χ0) is 20.2. The van der Waals surface area contributed by atoms with Crippen molar-refractivity contribution in [2.24, 2.45) is 7.05 Å². The number of aryl methyl sites for hydroxylation is 2. The van der Waals surface area contributed by atoms with Gasteiger partial charge >= 0.3 is 0 Å². The number of likely N-dealkylation sites (tertiary alicyclic amines) is 1. The van der Waals surface area contributed by atoms with Crippen molar-refractivity contribution in [1.82, 2.24) is 9.47 Å². The molecule has 1 aromatic heterocycles. The quantitative estimate of drug-likeness (QED) is 0.703. The lowest BCUT2D eigenvalue weighted by atomic mass is 10.0. The Bertz CT molecular complexity index is 1060. The molecule has 0 amide bonds. The van der Waals surface area contributed by atoms with Gasteiger partial charge in [0.25, 0.3) is 5.56 Å². The molecule has 0 radical (unpaired) electrons. The molecule has 2 heterocycles. The van der Waals surface area contributed by atoms with Gasteiger partial charge in [-0.3, -0.25) is 9.69 Å². The van der Waals surface area contributed by atoms with E-state index in [1.54, 1.807) is 10.6 Å². The molecule has 4 nitrogen and oxygen atoms in total. The van der Waals surface area contributed by atoms with E-state index in [9.17, 15) is 4.79 Å². The first kappa shape index (κ1) is 19.5. The molecule has 1 N–H and O–H groups in total. The van der Waals surface area contributed by atoms with Crippen LogP contribution in [-0.2, 0) is 7.05 Å². The minimum Gasteiger partial charge on any atom is -0.382 e. The molecule has 3 aromatic rings. The van der Waals surface area contributed by atoms with E-state index in [2.05, 4.69) is 65.7 Å². The maximum atomic E-state index is 12.4. The number of pyridine rings is 1. The van der Waals surface area contributed by atoms with E-state index >= 15 is 0 Å². The van der Waals surface area contributed by atoms with Gasteiger partial charge in [0.15, 0.2) is 0 Å². The summed E-state index contributed by atoms with van der Waals surface area (Å²) in [5.41, 5.74) is 4.44. The number of hydrogen-bond donors (Lipinski definition) is 1. The minimum absolute atomic E-state index is 0.0346. The summed E-state index contributed by atoms with van der Waals surface area (Å²) < 4.78 is 1.72. The van der Waals surface area contributed by atoms with E-state index in [0.29, 0.717) is 6.04 Å². The van der Waals surface area contributed by atoms with Gasteiger partial charge in [0.1, 0.15) is 0 Å². The lowest BCUT2D eigenvalue weighted by Gasteiger charge is -2.32. The number of nitrogens with one attached hydrogen (secondary N) is 1. The molecule has 150 valence electrons. The third-order valence-corrected chi connectivity index (χ3v) is 5.82. The van der Waals surface area contributed by atoms with Gasteiger partial charge in [0.2, 0.25) is 0 Å². The Morgan fingerprint density at radius 2 is 1.83 bits per heavy atom. The lowest BCUT2D eigenvalue weighted by molar-refractivity contribution is 0.240. The molecule has 1 saturated heterocycles. The second-order valence-electron chi connectivity index (χ2n) is 8.01. The molecule has 1 aliphatic heterocycles. The summed E-state index contributed by atoms with van der Waals surface area (Å²) in [5, 5.41) is 4.79. The molecular formula is C25H29N3O. The second-order valence-corrected chi connectivity index (χ2v) is 8.01. The molecule has 0 aliphatic carbocycles. The maximum Gasteiger partial charge on any atom is 0.252 e. The van der Waals surface area contributed by atoms with Crippen LogP contribution in [0.5, 0.6) is 0 Å². The number of nitrogens with zero attached hydrogens (tertiary/aromatic N) is 2. The van der Waals surface area contributed by atoms with Crippen molar-refractivity contribution in [3.05, 3.63) is 82.2 Å². The highest BCUT2D eigenvalue weighted by atomic mass is 16.1. The second kappa shape index (κ2) is 8.66. The number of fused-ring (bicyclic) bond motifs is 1. The number of anilines is 1. The fraction of sp³-hybridized carbons (Fsp3) is 0.320. The fourth-order valence-corrected chi connectivity index (χ4v) is 4.08.